The summed E-state index contributed by atoms with van der Waals surface area (Å²) in [5.41, 5.74) is 10.6. The second kappa shape index (κ2) is 10.0. The van der Waals surface area contributed by atoms with Crippen LogP contribution in [0.15, 0.2) is 41.2 Å². The van der Waals surface area contributed by atoms with Crippen LogP contribution in [0.5, 0.6) is 5.75 Å². The van der Waals surface area contributed by atoms with Gasteiger partial charge in [0.25, 0.3) is 0 Å². The maximum absolute atomic E-state index is 11.9. The van der Waals surface area contributed by atoms with E-state index in [0.717, 1.165) is 28.8 Å². The monoisotopic (exact) mass is 461 g/mol. The fourth-order valence-electron chi connectivity index (χ4n) is 4.52. The molecule has 0 spiro atoms. The summed E-state index contributed by atoms with van der Waals surface area (Å²) in [7, 11) is 1.49. The molecule has 0 bridgehead atoms. The zero-order chi connectivity index (χ0) is 24.2. The van der Waals surface area contributed by atoms with Gasteiger partial charge in [0.15, 0.2) is 5.82 Å². The number of pyridine rings is 1. The van der Waals surface area contributed by atoms with Crippen LogP contribution in [0.2, 0.25) is 0 Å². The topological polar surface area (TPSA) is 134 Å². The predicted molar refractivity (Wildman–Crippen MR) is 126 cm³/mol. The largest absolute Gasteiger partial charge is 0.495 e. The number of nitrogens with zero attached hydrogens (tertiary/aromatic N) is 4. The first kappa shape index (κ1) is 23.4. The van der Waals surface area contributed by atoms with Crippen molar-refractivity contribution < 1.29 is 19.4 Å². The average molecular weight is 462 g/mol. The lowest BCUT2D eigenvalue weighted by molar-refractivity contribution is 0.0534. The summed E-state index contributed by atoms with van der Waals surface area (Å²) in [6, 6.07) is 7.36. The molecule has 1 fully saturated rings. The normalized spacial score (nSPS) is 20.8. The van der Waals surface area contributed by atoms with E-state index in [2.05, 4.69) is 14.9 Å². The van der Waals surface area contributed by atoms with Gasteiger partial charge in [-0.05, 0) is 42.3 Å². The molecule has 3 N–H and O–H groups in total. The number of benzene rings is 1. The van der Waals surface area contributed by atoms with Gasteiger partial charge in [0.1, 0.15) is 24.0 Å². The minimum Gasteiger partial charge on any atom is -0.495 e. The van der Waals surface area contributed by atoms with Crippen molar-refractivity contribution in [3.63, 3.8) is 0 Å². The van der Waals surface area contributed by atoms with E-state index >= 15 is 0 Å². The minimum atomic E-state index is -0.472. The highest BCUT2D eigenvalue weighted by Crippen LogP contribution is 2.34. The molecule has 9 heteroatoms. The third kappa shape index (κ3) is 4.64. The Bertz CT molecular complexity index is 1200. The van der Waals surface area contributed by atoms with Crippen molar-refractivity contribution in [2.45, 2.75) is 32.0 Å². The lowest BCUT2D eigenvalue weighted by atomic mass is 9.83. The van der Waals surface area contributed by atoms with Crippen molar-refractivity contribution in [2.24, 2.45) is 10.7 Å². The smallest absolute Gasteiger partial charge is 0.338 e. The molecule has 0 amide bonds. The third-order valence-electron chi connectivity index (χ3n) is 6.44. The SMILES string of the molecule is COc1cc(N=CC(=CN)CN2CC[C@@H](O)[C@H](c3ccc4c(c3C)COC4=O)C2)ncc1C#N. The molecule has 0 aliphatic carbocycles. The zero-order valence-electron chi connectivity index (χ0n) is 19.2. The molecule has 2 aliphatic heterocycles. The molecular formula is C25H27N5O4. The number of ether oxygens (including phenoxy) is 2. The molecule has 34 heavy (non-hydrogen) atoms. The highest BCUT2D eigenvalue weighted by Gasteiger charge is 2.33. The van der Waals surface area contributed by atoms with Crippen LogP contribution >= 0.6 is 0 Å². The molecule has 3 heterocycles. The van der Waals surface area contributed by atoms with Gasteiger partial charge in [0.2, 0.25) is 0 Å². The predicted octanol–water partition coefficient (Wildman–Crippen LogP) is 2.34. The number of rotatable bonds is 6. The number of hydrogen-bond acceptors (Lipinski definition) is 9. The molecule has 1 aromatic heterocycles. The van der Waals surface area contributed by atoms with Gasteiger partial charge in [-0.25, -0.2) is 14.8 Å². The van der Waals surface area contributed by atoms with Crippen LogP contribution in [0.3, 0.4) is 0 Å². The number of methoxy groups -OCH3 is 1. The van der Waals surface area contributed by atoms with Crippen LogP contribution in [0.4, 0.5) is 5.82 Å². The van der Waals surface area contributed by atoms with Crippen molar-refractivity contribution in [2.75, 3.05) is 26.7 Å². The Hall–Kier alpha value is -3.74. The van der Waals surface area contributed by atoms with Gasteiger partial charge in [-0.15, -0.1) is 0 Å². The summed E-state index contributed by atoms with van der Waals surface area (Å²) in [5, 5.41) is 19.9. The van der Waals surface area contributed by atoms with Gasteiger partial charge < -0.3 is 20.3 Å². The van der Waals surface area contributed by atoms with E-state index in [1.54, 1.807) is 18.3 Å². The Balaban J connectivity index is 1.47. The van der Waals surface area contributed by atoms with E-state index < -0.39 is 6.10 Å². The van der Waals surface area contributed by atoms with Crippen LogP contribution in [0, 0.1) is 18.3 Å². The molecule has 4 rings (SSSR count). The number of aliphatic hydroxyl groups excluding tert-OH is 1. The minimum absolute atomic E-state index is 0.0878. The van der Waals surface area contributed by atoms with Gasteiger partial charge >= 0.3 is 5.97 Å². The van der Waals surface area contributed by atoms with Gasteiger partial charge in [-0.1, -0.05) is 6.07 Å². The summed E-state index contributed by atoms with van der Waals surface area (Å²) < 4.78 is 10.4. The Morgan fingerprint density at radius 1 is 1.50 bits per heavy atom. The molecule has 2 aliphatic rings. The second-order valence-corrected chi connectivity index (χ2v) is 8.43. The first-order chi connectivity index (χ1) is 16.4. The Morgan fingerprint density at radius 3 is 3.06 bits per heavy atom. The summed E-state index contributed by atoms with van der Waals surface area (Å²) in [6.45, 7) is 4.19. The molecule has 1 aromatic carbocycles. The van der Waals surface area contributed by atoms with Crippen LogP contribution in [-0.4, -0.2) is 60.0 Å². The number of fused-ring (bicyclic) bond motifs is 1. The van der Waals surface area contributed by atoms with Crippen LogP contribution in [-0.2, 0) is 11.3 Å². The van der Waals surface area contributed by atoms with Crippen molar-refractivity contribution in [3.05, 3.63) is 64.0 Å². The molecule has 0 unspecified atom stereocenters. The van der Waals surface area contributed by atoms with E-state index in [1.807, 2.05) is 19.1 Å². The van der Waals surface area contributed by atoms with E-state index in [0.29, 0.717) is 42.2 Å². The van der Waals surface area contributed by atoms with E-state index in [4.69, 9.17) is 20.5 Å². The lowest BCUT2D eigenvalue weighted by Crippen LogP contribution is -2.43. The Morgan fingerprint density at radius 2 is 2.32 bits per heavy atom. The number of aliphatic imine (C=N–C) groups is 1. The van der Waals surface area contributed by atoms with Gasteiger partial charge in [-0.3, -0.25) is 4.90 Å². The highest BCUT2D eigenvalue weighted by molar-refractivity contribution is 5.94. The second-order valence-electron chi connectivity index (χ2n) is 8.43. The maximum atomic E-state index is 11.9. The molecule has 9 nitrogen and oxygen atoms in total. The van der Waals surface area contributed by atoms with Crippen molar-refractivity contribution in [3.8, 4) is 11.8 Å². The first-order valence-corrected chi connectivity index (χ1v) is 11.0. The molecule has 2 aromatic rings. The van der Waals surface area contributed by atoms with Gasteiger partial charge in [-0.2, -0.15) is 5.26 Å². The van der Waals surface area contributed by atoms with Gasteiger partial charge in [0, 0.05) is 43.4 Å². The number of nitrogens with two attached hydrogens (primary N) is 1. The number of aromatic nitrogens is 1. The number of carbonyl (C=O) groups is 1. The fraction of sp³-hybridized carbons (Fsp3) is 0.360. The van der Waals surface area contributed by atoms with Crippen LogP contribution in [0.1, 0.15) is 45.0 Å². The van der Waals surface area contributed by atoms with Crippen molar-refractivity contribution in [1.29, 1.82) is 5.26 Å². The third-order valence-corrected chi connectivity index (χ3v) is 6.44. The number of piperidine rings is 1. The zero-order valence-corrected chi connectivity index (χ0v) is 19.2. The average Bonchev–Trinajstić information content (AvgIpc) is 3.24. The number of nitriles is 1. The standard InChI is InChI=1S/C25H27N5O4/c1-15-18(3-4-19-21(15)14-34-25(19)32)20-13-30(6-5-22(20)31)12-16(8-26)10-28-24-7-23(33-2)17(9-27)11-29-24/h3-4,7-8,10-11,20,22,31H,5-6,12-14,26H2,1-2H3/t20-,22+/m0/s1. The van der Waals surface area contributed by atoms with Crippen molar-refractivity contribution in [1.82, 2.24) is 9.88 Å². The number of carbonyl (C=O) groups excluding carboxylic acids is 1. The molecule has 176 valence electrons. The molecule has 0 radical (unpaired) electrons. The number of esters is 1. The summed E-state index contributed by atoms with van der Waals surface area (Å²) >= 11 is 0. The summed E-state index contributed by atoms with van der Waals surface area (Å²) in [6.07, 6.45) is 4.73. The Labute approximate surface area is 198 Å². The maximum Gasteiger partial charge on any atom is 0.338 e. The lowest BCUT2D eigenvalue weighted by Gasteiger charge is -2.37. The number of hydrogen-bond donors (Lipinski definition) is 2. The van der Waals surface area contributed by atoms with Crippen LogP contribution in [0.25, 0.3) is 0 Å². The number of likely N-dealkylation sites (tertiary alicyclic amines) is 1. The van der Waals surface area contributed by atoms with Crippen LogP contribution < -0.4 is 10.5 Å². The highest BCUT2D eigenvalue weighted by atomic mass is 16.5. The summed E-state index contributed by atoms with van der Waals surface area (Å²) in [5.74, 6) is 0.442. The van der Waals surface area contributed by atoms with E-state index in [9.17, 15) is 9.90 Å². The first-order valence-electron chi connectivity index (χ1n) is 11.0. The van der Waals surface area contributed by atoms with E-state index in [1.165, 1.54) is 19.5 Å². The summed E-state index contributed by atoms with van der Waals surface area (Å²) in [4.78, 5) is 22.6. The molecular weight excluding hydrogens is 434 g/mol. The quantitative estimate of drug-likeness (QED) is 0.494. The number of aliphatic hydroxyl groups is 1. The Kier molecular flexibility index (Phi) is 6.91. The fourth-order valence-corrected chi connectivity index (χ4v) is 4.52. The van der Waals surface area contributed by atoms with Crippen molar-refractivity contribution >= 4 is 18.0 Å². The molecule has 2 atom stereocenters. The molecule has 0 saturated carbocycles. The molecule has 1 saturated heterocycles. The number of cyclic esters (lactones) is 1. The van der Waals surface area contributed by atoms with Gasteiger partial charge in [0.05, 0.1) is 25.0 Å². The van der Waals surface area contributed by atoms with E-state index in [-0.39, 0.29) is 18.5 Å².